The summed E-state index contributed by atoms with van der Waals surface area (Å²) < 4.78 is 13.9. The molecule has 5 heteroatoms. The molecule has 3 rings (SSSR count). The van der Waals surface area contributed by atoms with E-state index in [0.29, 0.717) is 0 Å². The van der Waals surface area contributed by atoms with Crippen LogP contribution in [-0.4, -0.2) is 0 Å². The van der Waals surface area contributed by atoms with Crippen molar-refractivity contribution in [1.29, 1.82) is 0 Å². The van der Waals surface area contributed by atoms with Gasteiger partial charge in [0.15, 0.2) is 0 Å². The normalized spacial score (nSPS) is 17.8. The van der Waals surface area contributed by atoms with Crippen LogP contribution in [0.15, 0.2) is 24.3 Å². The molecule has 1 aromatic heterocycles. The van der Waals surface area contributed by atoms with Gasteiger partial charge in [0, 0.05) is 10.6 Å². The number of rotatable bonds is 2. The SMILES string of the molecule is Fc1ccc(NC2CCc3sc(Cl)cc32)cc1Cl. The maximum absolute atomic E-state index is 13.1. The smallest absolute Gasteiger partial charge is 0.141 e. The Morgan fingerprint density at radius 3 is 2.89 bits per heavy atom. The molecule has 0 amide bonds. The molecule has 1 N–H and O–H groups in total. The number of halogens is 3. The molecule has 1 aliphatic rings. The lowest BCUT2D eigenvalue weighted by atomic mass is 10.1. The summed E-state index contributed by atoms with van der Waals surface area (Å²) >= 11 is 13.4. The van der Waals surface area contributed by atoms with E-state index in [-0.39, 0.29) is 11.1 Å². The van der Waals surface area contributed by atoms with E-state index in [1.807, 2.05) is 6.07 Å². The molecular formula is C13H10Cl2FNS. The highest BCUT2D eigenvalue weighted by atomic mass is 35.5. The van der Waals surface area contributed by atoms with Crippen molar-refractivity contribution in [3.8, 4) is 0 Å². The number of benzene rings is 1. The molecular weight excluding hydrogens is 292 g/mol. The van der Waals surface area contributed by atoms with Crippen LogP contribution in [0.2, 0.25) is 9.36 Å². The van der Waals surface area contributed by atoms with Crippen molar-refractivity contribution in [2.45, 2.75) is 18.9 Å². The first-order chi connectivity index (χ1) is 8.63. The minimum atomic E-state index is -0.395. The van der Waals surface area contributed by atoms with Crippen molar-refractivity contribution < 1.29 is 4.39 Å². The van der Waals surface area contributed by atoms with Crippen LogP contribution in [0.1, 0.15) is 22.9 Å². The van der Waals surface area contributed by atoms with Gasteiger partial charge in [0.2, 0.25) is 0 Å². The Morgan fingerprint density at radius 2 is 2.11 bits per heavy atom. The monoisotopic (exact) mass is 301 g/mol. The summed E-state index contributed by atoms with van der Waals surface area (Å²) in [5.74, 6) is -0.395. The number of thiophene rings is 1. The van der Waals surface area contributed by atoms with Crippen LogP contribution >= 0.6 is 34.5 Å². The topological polar surface area (TPSA) is 12.0 Å². The van der Waals surface area contributed by atoms with Gasteiger partial charge in [-0.15, -0.1) is 11.3 Å². The summed E-state index contributed by atoms with van der Waals surface area (Å²) in [6, 6.07) is 6.94. The Bertz CT molecular complexity index is 597. The molecule has 0 saturated heterocycles. The van der Waals surface area contributed by atoms with E-state index in [2.05, 4.69) is 5.32 Å². The van der Waals surface area contributed by atoms with Crippen LogP contribution in [0.3, 0.4) is 0 Å². The fraction of sp³-hybridized carbons (Fsp3) is 0.231. The van der Waals surface area contributed by atoms with Crippen molar-refractivity contribution >= 4 is 40.2 Å². The minimum Gasteiger partial charge on any atom is -0.378 e. The Hall–Kier alpha value is -0.770. The van der Waals surface area contributed by atoms with E-state index >= 15 is 0 Å². The number of nitrogens with one attached hydrogen (secondary N) is 1. The molecule has 1 aromatic carbocycles. The van der Waals surface area contributed by atoms with Crippen LogP contribution < -0.4 is 5.32 Å². The number of hydrogen-bond donors (Lipinski definition) is 1. The lowest BCUT2D eigenvalue weighted by Crippen LogP contribution is -2.06. The predicted molar refractivity (Wildman–Crippen MR) is 75.4 cm³/mol. The molecule has 1 unspecified atom stereocenters. The van der Waals surface area contributed by atoms with Crippen LogP contribution in [0, 0.1) is 5.82 Å². The molecule has 2 aromatic rings. The van der Waals surface area contributed by atoms with E-state index in [1.54, 1.807) is 23.5 Å². The van der Waals surface area contributed by atoms with Gasteiger partial charge < -0.3 is 5.32 Å². The zero-order valence-corrected chi connectivity index (χ0v) is 11.7. The summed E-state index contributed by atoms with van der Waals surface area (Å²) in [7, 11) is 0. The summed E-state index contributed by atoms with van der Waals surface area (Å²) in [5.41, 5.74) is 2.09. The van der Waals surface area contributed by atoms with Crippen LogP contribution in [0.4, 0.5) is 10.1 Å². The first-order valence-corrected chi connectivity index (χ1v) is 7.20. The van der Waals surface area contributed by atoms with Crippen molar-refractivity contribution in [1.82, 2.24) is 0 Å². The standard InChI is InChI=1S/C13H10Cl2FNS/c14-9-5-7(1-2-10(9)16)17-11-3-4-12-8(11)6-13(15)18-12/h1-2,5-6,11,17H,3-4H2. The van der Waals surface area contributed by atoms with E-state index in [4.69, 9.17) is 23.2 Å². The Balaban J connectivity index is 1.83. The number of fused-ring (bicyclic) bond motifs is 1. The van der Waals surface area contributed by atoms with Crippen molar-refractivity contribution in [2.24, 2.45) is 0 Å². The van der Waals surface area contributed by atoms with Crippen LogP contribution in [0.5, 0.6) is 0 Å². The largest absolute Gasteiger partial charge is 0.378 e. The Morgan fingerprint density at radius 1 is 1.28 bits per heavy atom. The Kier molecular flexibility index (Phi) is 3.22. The van der Waals surface area contributed by atoms with Gasteiger partial charge >= 0.3 is 0 Å². The van der Waals surface area contributed by atoms with Crippen molar-refractivity contribution in [3.63, 3.8) is 0 Å². The highest BCUT2D eigenvalue weighted by molar-refractivity contribution is 7.16. The van der Waals surface area contributed by atoms with Gasteiger partial charge in [-0.25, -0.2) is 4.39 Å². The zero-order valence-electron chi connectivity index (χ0n) is 9.34. The molecule has 0 fully saturated rings. The highest BCUT2D eigenvalue weighted by Gasteiger charge is 2.25. The van der Waals surface area contributed by atoms with Crippen molar-refractivity contribution in [3.05, 3.63) is 49.9 Å². The van der Waals surface area contributed by atoms with Gasteiger partial charge in [0.05, 0.1) is 15.4 Å². The third-order valence-corrected chi connectivity index (χ3v) is 4.74. The minimum absolute atomic E-state index is 0.140. The first kappa shape index (κ1) is 12.3. The fourth-order valence-electron chi connectivity index (χ4n) is 2.27. The second kappa shape index (κ2) is 4.72. The number of aryl methyl sites for hydroxylation is 1. The summed E-state index contributed by atoms with van der Waals surface area (Å²) in [4.78, 5) is 1.34. The molecule has 0 spiro atoms. The molecule has 0 aliphatic heterocycles. The fourth-order valence-corrected chi connectivity index (χ4v) is 3.80. The molecule has 1 aliphatic carbocycles. The lowest BCUT2D eigenvalue weighted by Gasteiger charge is -2.14. The molecule has 0 bridgehead atoms. The Labute approximate surface area is 119 Å². The molecule has 1 atom stereocenters. The first-order valence-electron chi connectivity index (χ1n) is 5.63. The third kappa shape index (κ3) is 2.22. The second-order valence-corrected chi connectivity index (χ2v) is 6.47. The molecule has 1 nitrogen and oxygen atoms in total. The molecule has 0 radical (unpaired) electrons. The maximum atomic E-state index is 13.1. The average Bonchev–Trinajstić information content (AvgIpc) is 2.85. The van der Waals surface area contributed by atoms with Gasteiger partial charge in [-0.1, -0.05) is 23.2 Å². The summed E-state index contributed by atoms with van der Waals surface area (Å²) in [5, 5.41) is 3.52. The number of anilines is 1. The van der Waals surface area contributed by atoms with E-state index in [9.17, 15) is 4.39 Å². The highest BCUT2D eigenvalue weighted by Crippen LogP contribution is 2.41. The van der Waals surface area contributed by atoms with E-state index in [0.717, 1.165) is 22.9 Å². The van der Waals surface area contributed by atoms with E-state index in [1.165, 1.54) is 16.5 Å². The number of hydrogen-bond acceptors (Lipinski definition) is 2. The molecule has 94 valence electrons. The summed E-state index contributed by atoms with van der Waals surface area (Å²) in [6.07, 6.45) is 2.08. The summed E-state index contributed by atoms with van der Waals surface area (Å²) in [6.45, 7) is 0. The quantitative estimate of drug-likeness (QED) is 0.794. The average molecular weight is 302 g/mol. The maximum Gasteiger partial charge on any atom is 0.141 e. The molecule has 0 saturated carbocycles. The van der Waals surface area contributed by atoms with Gasteiger partial charge in [-0.2, -0.15) is 0 Å². The van der Waals surface area contributed by atoms with Crippen LogP contribution in [-0.2, 0) is 6.42 Å². The molecule has 18 heavy (non-hydrogen) atoms. The van der Waals surface area contributed by atoms with Gasteiger partial charge in [-0.3, -0.25) is 0 Å². The van der Waals surface area contributed by atoms with Gasteiger partial charge in [0.25, 0.3) is 0 Å². The predicted octanol–water partition coefficient (Wildman–Crippen LogP) is 5.29. The lowest BCUT2D eigenvalue weighted by molar-refractivity contribution is 0.628. The zero-order chi connectivity index (χ0) is 12.7. The molecule has 1 heterocycles. The van der Waals surface area contributed by atoms with Crippen molar-refractivity contribution in [2.75, 3.05) is 5.32 Å². The van der Waals surface area contributed by atoms with Crippen LogP contribution in [0.25, 0.3) is 0 Å². The van der Waals surface area contributed by atoms with E-state index < -0.39 is 5.82 Å². The van der Waals surface area contributed by atoms with Gasteiger partial charge in [0.1, 0.15) is 5.82 Å². The third-order valence-electron chi connectivity index (χ3n) is 3.11. The second-order valence-electron chi connectivity index (χ2n) is 4.29. The van der Waals surface area contributed by atoms with Gasteiger partial charge in [-0.05, 0) is 42.7 Å².